The Morgan fingerprint density at radius 3 is 2.79 bits per heavy atom. The molecule has 2 aromatic rings. The van der Waals surface area contributed by atoms with Crippen molar-refractivity contribution in [2.45, 2.75) is 19.6 Å². The predicted molar refractivity (Wildman–Crippen MR) is 61.5 cm³/mol. The molecule has 0 unspecified atom stereocenters. The van der Waals surface area contributed by atoms with Crippen LogP contribution in [0.1, 0.15) is 18.3 Å². The fourth-order valence-corrected chi connectivity index (χ4v) is 1.57. The third kappa shape index (κ3) is 3.08. The van der Waals surface area contributed by atoms with E-state index in [4.69, 9.17) is 0 Å². The Hall–Kier alpha value is -1.96. The quantitative estimate of drug-likeness (QED) is 0.921. The van der Waals surface area contributed by atoms with E-state index in [0.29, 0.717) is 12.4 Å². The van der Waals surface area contributed by atoms with Crippen molar-refractivity contribution in [1.29, 1.82) is 0 Å². The summed E-state index contributed by atoms with van der Waals surface area (Å²) >= 11 is 0. The van der Waals surface area contributed by atoms with Gasteiger partial charge in [-0.15, -0.1) is 5.10 Å². The number of hydrogen-bond acceptors (Lipinski definition) is 4. The van der Waals surface area contributed by atoms with Crippen molar-refractivity contribution in [2.75, 3.05) is 6.54 Å². The van der Waals surface area contributed by atoms with Gasteiger partial charge < -0.3 is 5.32 Å². The van der Waals surface area contributed by atoms with E-state index in [-0.39, 0.29) is 5.69 Å². The molecule has 0 bridgehead atoms. The maximum atomic E-state index is 12.6. The number of alkyl halides is 3. The lowest BCUT2D eigenvalue weighted by Gasteiger charge is -2.09. The van der Waals surface area contributed by atoms with E-state index in [1.807, 2.05) is 6.92 Å². The van der Waals surface area contributed by atoms with Crippen LogP contribution < -0.4 is 5.32 Å². The number of benzene rings is 1. The molecule has 5 nitrogen and oxygen atoms in total. The highest BCUT2D eigenvalue weighted by Crippen LogP contribution is 2.30. The first kappa shape index (κ1) is 13.5. The van der Waals surface area contributed by atoms with Gasteiger partial charge in [-0.1, -0.05) is 13.0 Å². The number of tetrazole rings is 1. The summed E-state index contributed by atoms with van der Waals surface area (Å²) < 4.78 is 39.2. The van der Waals surface area contributed by atoms with Gasteiger partial charge in [-0.2, -0.15) is 17.9 Å². The summed E-state index contributed by atoms with van der Waals surface area (Å²) in [5, 5.41) is 14.0. The molecule has 0 aliphatic rings. The molecule has 102 valence electrons. The van der Waals surface area contributed by atoms with Crippen LogP contribution in [0, 0.1) is 0 Å². The highest BCUT2D eigenvalue weighted by atomic mass is 19.4. The van der Waals surface area contributed by atoms with Gasteiger partial charge >= 0.3 is 6.18 Å². The standard InChI is InChI=1S/C11H12F3N5/c1-2-15-7-10-16-17-18-19(10)9-5-3-4-8(6-9)11(12,13)14/h3-6,15H,2,7H2,1H3. The Bertz CT molecular complexity index is 549. The van der Waals surface area contributed by atoms with Crippen molar-refractivity contribution in [2.24, 2.45) is 0 Å². The van der Waals surface area contributed by atoms with E-state index in [0.717, 1.165) is 18.7 Å². The molecule has 1 aromatic carbocycles. The maximum Gasteiger partial charge on any atom is 0.416 e. The minimum Gasteiger partial charge on any atom is -0.310 e. The molecule has 2 rings (SSSR count). The Balaban J connectivity index is 2.34. The molecular weight excluding hydrogens is 259 g/mol. The number of aromatic nitrogens is 4. The van der Waals surface area contributed by atoms with Crippen LogP contribution >= 0.6 is 0 Å². The van der Waals surface area contributed by atoms with E-state index in [9.17, 15) is 13.2 Å². The van der Waals surface area contributed by atoms with Gasteiger partial charge in [0.1, 0.15) is 0 Å². The average Bonchev–Trinajstić information content (AvgIpc) is 2.83. The normalized spacial score (nSPS) is 11.8. The largest absolute Gasteiger partial charge is 0.416 e. The zero-order chi connectivity index (χ0) is 13.9. The lowest BCUT2D eigenvalue weighted by molar-refractivity contribution is -0.137. The van der Waals surface area contributed by atoms with Gasteiger partial charge in [-0.3, -0.25) is 0 Å². The minimum absolute atomic E-state index is 0.285. The highest BCUT2D eigenvalue weighted by molar-refractivity contribution is 5.36. The lowest BCUT2D eigenvalue weighted by Crippen LogP contribution is -2.16. The molecule has 19 heavy (non-hydrogen) atoms. The number of halogens is 3. The molecule has 8 heteroatoms. The summed E-state index contributed by atoms with van der Waals surface area (Å²) in [5.74, 6) is 0.459. The van der Waals surface area contributed by atoms with Crippen molar-refractivity contribution >= 4 is 0 Å². The molecule has 0 amide bonds. The predicted octanol–water partition coefficient (Wildman–Crippen LogP) is 1.79. The molecule has 0 saturated carbocycles. The Labute approximate surface area is 107 Å². The van der Waals surface area contributed by atoms with Crippen molar-refractivity contribution in [1.82, 2.24) is 25.5 Å². The van der Waals surface area contributed by atoms with Crippen LogP contribution in [0.15, 0.2) is 24.3 Å². The van der Waals surface area contributed by atoms with Crippen LogP contribution in [-0.2, 0) is 12.7 Å². The number of nitrogens with one attached hydrogen (secondary N) is 1. The van der Waals surface area contributed by atoms with Crippen molar-refractivity contribution in [3.63, 3.8) is 0 Å². The van der Waals surface area contributed by atoms with Crippen LogP contribution in [0.2, 0.25) is 0 Å². The lowest BCUT2D eigenvalue weighted by atomic mass is 10.2. The van der Waals surface area contributed by atoms with Crippen molar-refractivity contribution in [3.05, 3.63) is 35.7 Å². The molecule has 1 heterocycles. The third-order valence-corrected chi connectivity index (χ3v) is 2.49. The monoisotopic (exact) mass is 271 g/mol. The molecule has 1 N–H and O–H groups in total. The summed E-state index contributed by atoms with van der Waals surface area (Å²) in [6, 6.07) is 4.89. The van der Waals surface area contributed by atoms with Gasteiger partial charge in [-0.25, -0.2) is 0 Å². The van der Waals surface area contributed by atoms with Gasteiger partial charge in [0.05, 0.1) is 17.8 Å². The molecule has 1 aromatic heterocycles. The molecule has 0 spiro atoms. The van der Waals surface area contributed by atoms with Gasteiger partial charge in [0, 0.05) is 0 Å². The maximum absolute atomic E-state index is 12.6. The molecule has 0 aliphatic carbocycles. The smallest absolute Gasteiger partial charge is 0.310 e. The molecule has 0 saturated heterocycles. The highest BCUT2D eigenvalue weighted by Gasteiger charge is 2.30. The molecule has 0 atom stereocenters. The van der Waals surface area contributed by atoms with Gasteiger partial charge in [0.25, 0.3) is 0 Å². The molecule has 0 fully saturated rings. The van der Waals surface area contributed by atoms with Gasteiger partial charge in [-0.05, 0) is 35.2 Å². The van der Waals surface area contributed by atoms with Crippen molar-refractivity contribution < 1.29 is 13.2 Å². The fraction of sp³-hybridized carbons (Fsp3) is 0.364. The van der Waals surface area contributed by atoms with Crippen molar-refractivity contribution in [3.8, 4) is 5.69 Å². The Morgan fingerprint density at radius 1 is 1.32 bits per heavy atom. The van der Waals surface area contributed by atoms with E-state index in [1.165, 1.54) is 16.8 Å². The van der Waals surface area contributed by atoms with Crippen LogP contribution in [-0.4, -0.2) is 26.8 Å². The third-order valence-electron chi connectivity index (χ3n) is 2.49. The minimum atomic E-state index is -4.38. The zero-order valence-electron chi connectivity index (χ0n) is 10.1. The summed E-state index contributed by atoms with van der Waals surface area (Å²) in [6.45, 7) is 3.02. The topological polar surface area (TPSA) is 55.6 Å². The van der Waals surface area contributed by atoms with Gasteiger partial charge in [0.15, 0.2) is 5.82 Å². The fourth-order valence-electron chi connectivity index (χ4n) is 1.57. The first-order valence-electron chi connectivity index (χ1n) is 5.68. The molecule has 0 radical (unpaired) electrons. The van der Waals surface area contributed by atoms with Crippen LogP contribution in [0.25, 0.3) is 5.69 Å². The Morgan fingerprint density at radius 2 is 2.11 bits per heavy atom. The van der Waals surface area contributed by atoms with E-state index in [1.54, 1.807) is 0 Å². The summed E-state index contributed by atoms with van der Waals surface area (Å²) in [7, 11) is 0. The number of nitrogens with zero attached hydrogens (tertiary/aromatic N) is 4. The Kier molecular flexibility index (Phi) is 3.79. The van der Waals surface area contributed by atoms with Crippen LogP contribution in [0.3, 0.4) is 0 Å². The number of rotatable bonds is 4. The van der Waals surface area contributed by atoms with Crippen LogP contribution in [0.5, 0.6) is 0 Å². The van der Waals surface area contributed by atoms with Crippen LogP contribution in [0.4, 0.5) is 13.2 Å². The second-order valence-corrected chi connectivity index (χ2v) is 3.84. The second kappa shape index (κ2) is 5.35. The first-order valence-corrected chi connectivity index (χ1v) is 5.68. The van der Waals surface area contributed by atoms with E-state index in [2.05, 4.69) is 20.8 Å². The number of hydrogen-bond donors (Lipinski definition) is 1. The summed E-state index contributed by atoms with van der Waals surface area (Å²) in [4.78, 5) is 0. The summed E-state index contributed by atoms with van der Waals surface area (Å²) in [5.41, 5.74) is -0.442. The van der Waals surface area contributed by atoms with E-state index < -0.39 is 11.7 Å². The summed E-state index contributed by atoms with van der Waals surface area (Å²) in [6.07, 6.45) is -4.38. The SMILES string of the molecule is CCNCc1nnnn1-c1cccc(C(F)(F)F)c1. The first-order chi connectivity index (χ1) is 9.02. The van der Waals surface area contributed by atoms with Gasteiger partial charge in [0.2, 0.25) is 0 Å². The zero-order valence-corrected chi connectivity index (χ0v) is 10.1. The second-order valence-electron chi connectivity index (χ2n) is 3.84. The molecular formula is C11H12F3N5. The molecule has 0 aliphatic heterocycles. The van der Waals surface area contributed by atoms with E-state index >= 15 is 0 Å². The average molecular weight is 271 g/mol.